The highest BCUT2D eigenvalue weighted by Crippen LogP contribution is 2.44. The number of ether oxygens (including phenoxy) is 2. The van der Waals surface area contributed by atoms with Gasteiger partial charge < -0.3 is 19.1 Å². The lowest BCUT2D eigenvalue weighted by atomic mass is 9.94. The van der Waals surface area contributed by atoms with Crippen LogP contribution in [0.5, 0.6) is 0 Å². The SMILES string of the molecule is Cc1noc(C)c1-c1cc(C(O)C2CCC(C)(C)O2)c2nc(C3CC3)n(C(=O)OC(C)(C)C)c2c1. The van der Waals surface area contributed by atoms with Crippen LogP contribution in [0.15, 0.2) is 16.7 Å². The van der Waals surface area contributed by atoms with E-state index in [-0.39, 0.29) is 17.6 Å². The second kappa shape index (κ2) is 8.17. The van der Waals surface area contributed by atoms with Crippen LogP contribution in [-0.4, -0.2) is 43.2 Å². The second-order valence-corrected chi connectivity index (χ2v) is 11.6. The number of aliphatic hydroxyl groups is 1. The maximum absolute atomic E-state index is 13.4. The third kappa shape index (κ3) is 4.49. The number of aryl methyl sites for hydroxylation is 2. The molecule has 5 rings (SSSR count). The van der Waals surface area contributed by atoms with Crippen molar-refractivity contribution in [2.45, 2.75) is 103 Å². The topological polar surface area (TPSA) is 99.6 Å². The third-order valence-corrected chi connectivity index (χ3v) is 6.83. The van der Waals surface area contributed by atoms with Gasteiger partial charge in [0.25, 0.3) is 0 Å². The summed E-state index contributed by atoms with van der Waals surface area (Å²) >= 11 is 0. The highest BCUT2D eigenvalue weighted by molar-refractivity contribution is 5.93. The van der Waals surface area contributed by atoms with Gasteiger partial charge in [0, 0.05) is 17.0 Å². The minimum Gasteiger partial charge on any atom is -0.443 e. The highest BCUT2D eigenvalue weighted by Gasteiger charge is 2.39. The van der Waals surface area contributed by atoms with Crippen molar-refractivity contribution in [1.82, 2.24) is 14.7 Å². The summed E-state index contributed by atoms with van der Waals surface area (Å²) in [6.45, 7) is 13.4. The van der Waals surface area contributed by atoms with E-state index in [1.165, 1.54) is 0 Å². The van der Waals surface area contributed by atoms with Gasteiger partial charge in [-0.05, 0) is 91.8 Å². The molecule has 8 heteroatoms. The largest absolute Gasteiger partial charge is 0.443 e. The van der Waals surface area contributed by atoms with Gasteiger partial charge >= 0.3 is 6.09 Å². The molecule has 0 bridgehead atoms. The Kier molecular flexibility index (Phi) is 5.60. The van der Waals surface area contributed by atoms with Crippen molar-refractivity contribution in [2.24, 2.45) is 0 Å². The number of hydrogen-bond donors (Lipinski definition) is 1. The van der Waals surface area contributed by atoms with Crippen molar-refractivity contribution in [3.63, 3.8) is 0 Å². The molecule has 1 N–H and O–H groups in total. The molecular weight excluding hydrogens is 446 g/mol. The first kappa shape index (κ1) is 24.0. The van der Waals surface area contributed by atoms with Crippen LogP contribution >= 0.6 is 0 Å². The predicted molar refractivity (Wildman–Crippen MR) is 131 cm³/mol. The lowest BCUT2D eigenvalue weighted by Crippen LogP contribution is -2.28. The number of rotatable bonds is 4. The van der Waals surface area contributed by atoms with Gasteiger partial charge in [-0.3, -0.25) is 0 Å². The van der Waals surface area contributed by atoms with Gasteiger partial charge in [0.05, 0.1) is 28.4 Å². The number of carbonyl (C=O) groups excluding carboxylic acids is 1. The van der Waals surface area contributed by atoms with Crippen LogP contribution < -0.4 is 0 Å². The Balaban J connectivity index is 1.73. The molecule has 2 unspecified atom stereocenters. The molecule has 1 aromatic carbocycles. The number of fused-ring (bicyclic) bond motifs is 1. The zero-order chi connectivity index (χ0) is 25.3. The van der Waals surface area contributed by atoms with Crippen molar-refractivity contribution >= 4 is 17.1 Å². The number of nitrogens with zero attached hydrogens (tertiary/aromatic N) is 3. The van der Waals surface area contributed by atoms with Crippen LogP contribution in [0, 0.1) is 13.8 Å². The number of aromatic nitrogens is 3. The lowest BCUT2D eigenvalue weighted by molar-refractivity contribution is -0.0716. The van der Waals surface area contributed by atoms with E-state index < -0.39 is 17.8 Å². The average Bonchev–Trinajstić information content (AvgIpc) is 3.31. The summed E-state index contributed by atoms with van der Waals surface area (Å²) in [5, 5.41) is 15.7. The molecule has 188 valence electrons. The average molecular weight is 482 g/mol. The first-order chi connectivity index (χ1) is 16.3. The van der Waals surface area contributed by atoms with Crippen LogP contribution in [0.25, 0.3) is 22.2 Å². The first-order valence-corrected chi connectivity index (χ1v) is 12.4. The van der Waals surface area contributed by atoms with Crippen LogP contribution in [0.3, 0.4) is 0 Å². The van der Waals surface area contributed by atoms with Crippen LogP contribution in [0.1, 0.15) is 95.2 Å². The fraction of sp³-hybridized carbons (Fsp3) is 0.593. The number of aliphatic hydroxyl groups excluding tert-OH is 1. The van der Waals surface area contributed by atoms with Gasteiger partial charge in [-0.25, -0.2) is 14.3 Å². The summed E-state index contributed by atoms with van der Waals surface area (Å²) in [5.41, 5.74) is 3.32. The van der Waals surface area contributed by atoms with Gasteiger partial charge in [0.15, 0.2) is 0 Å². The second-order valence-electron chi connectivity index (χ2n) is 11.6. The number of benzene rings is 1. The zero-order valence-electron chi connectivity index (χ0n) is 21.6. The normalized spacial score (nSPS) is 21.0. The standard InChI is InChI=1S/C27H35N3O5/c1-14-21(15(2)35-29-14)17-12-18(23(31)20-10-11-27(6,7)33-20)22-19(13-17)30(24(28-22)16-8-9-16)25(32)34-26(3,4)5/h12-13,16,20,23,31H,8-11H2,1-7H3. The van der Waals surface area contributed by atoms with E-state index in [0.29, 0.717) is 28.2 Å². The molecule has 2 atom stereocenters. The fourth-order valence-electron chi connectivity index (χ4n) is 5.04. The Bertz CT molecular complexity index is 1270. The Hall–Kier alpha value is -2.71. The van der Waals surface area contributed by atoms with Gasteiger partial charge in [-0.2, -0.15) is 0 Å². The minimum absolute atomic E-state index is 0.198. The predicted octanol–water partition coefficient (Wildman–Crippen LogP) is 5.96. The summed E-state index contributed by atoms with van der Waals surface area (Å²) in [6, 6.07) is 3.87. The van der Waals surface area contributed by atoms with Gasteiger partial charge in [0.1, 0.15) is 23.3 Å². The van der Waals surface area contributed by atoms with E-state index in [9.17, 15) is 9.90 Å². The monoisotopic (exact) mass is 481 g/mol. The maximum Gasteiger partial charge on any atom is 0.420 e. The molecule has 1 saturated heterocycles. The Morgan fingerprint density at radius 1 is 1.23 bits per heavy atom. The van der Waals surface area contributed by atoms with Crippen LogP contribution in [0.2, 0.25) is 0 Å². The van der Waals surface area contributed by atoms with E-state index in [2.05, 4.69) is 5.16 Å². The zero-order valence-corrected chi connectivity index (χ0v) is 21.6. The Morgan fingerprint density at radius 3 is 2.49 bits per heavy atom. The van der Waals surface area contributed by atoms with Gasteiger partial charge in [-0.15, -0.1) is 0 Å². The number of imidazole rings is 1. The van der Waals surface area contributed by atoms with Gasteiger partial charge in [0.2, 0.25) is 0 Å². The molecule has 35 heavy (non-hydrogen) atoms. The molecular formula is C27H35N3O5. The summed E-state index contributed by atoms with van der Waals surface area (Å²) in [5.74, 6) is 1.56. The molecule has 2 aliphatic rings. The maximum atomic E-state index is 13.4. The van der Waals surface area contributed by atoms with E-state index in [1.807, 2.05) is 60.6 Å². The Labute approximate surface area is 205 Å². The number of hydrogen-bond acceptors (Lipinski definition) is 7. The van der Waals surface area contributed by atoms with E-state index in [4.69, 9.17) is 19.0 Å². The van der Waals surface area contributed by atoms with Crippen molar-refractivity contribution in [1.29, 1.82) is 0 Å². The highest BCUT2D eigenvalue weighted by atomic mass is 16.6. The molecule has 8 nitrogen and oxygen atoms in total. The summed E-state index contributed by atoms with van der Waals surface area (Å²) < 4.78 is 19.0. The van der Waals surface area contributed by atoms with Gasteiger partial charge in [-0.1, -0.05) is 5.16 Å². The first-order valence-electron chi connectivity index (χ1n) is 12.4. The molecule has 0 spiro atoms. The molecule has 0 radical (unpaired) electrons. The van der Waals surface area contributed by atoms with Crippen molar-refractivity contribution in [3.05, 3.63) is 35.0 Å². The molecule has 1 saturated carbocycles. The fourth-order valence-corrected chi connectivity index (χ4v) is 5.04. The van der Waals surface area contributed by atoms with Crippen LogP contribution in [-0.2, 0) is 9.47 Å². The molecule has 0 amide bonds. The number of carbonyl (C=O) groups is 1. The van der Waals surface area contributed by atoms with Crippen LogP contribution in [0.4, 0.5) is 4.79 Å². The van der Waals surface area contributed by atoms with Crippen molar-refractivity contribution in [3.8, 4) is 11.1 Å². The van der Waals surface area contributed by atoms with Crippen molar-refractivity contribution < 1.29 is 23.9 Å². The summed E-state index contributed by atoms with van der Waals surface area (Å²) in [7, 11) is 0. The Morgan fingerprint density at radius 2 is 1.94 bits per heavy atom. The smallest absolute Gasteiger partial charge is 0.420 e. The molecule has 2 fully saturated rings. The molecule has 1 aliphatic heterocycles. The lowest BCUT2D eigenvalue weighted by Gasteiger charge is -2.24. The van der Waals surface area contributed by atoms with E-state index in [0.717, 1.165) is 42.5 Å². The summed E-state index contributed by atoms with van der Waals surface area (Å²) in [4.78, 5) is 18.4. The minimum atomic E-state index is -0.895. The molecule has 2 aromatic heterocycles. The molecule has 1 aliphatic carbocycles. The molecule has 3 heterocycles. The quantitative estimate of drug-likeness (QED) is 0.491. The molecule has 3 aromatic rings. The van der Waals surface area contributed by atoms with Crippen molar-refractivity contribution in [2.75, 3.05) is 0 Å². The van der Waals surface area contributed by atoms with E-state index in [1.54, 1.807) is 4.57 Å². The summed E-state index contributed by atoms with van der Waals surface area (Å²) in [6.07, 6.45) is 1.84. The van der Waals surface area contributed by atoms with E-state index >= 15 is 0 Å². The third-order valence-electron chi connectivity index (χ3n) is 6.83.